The van der Waals surface area contributed by atoms with Crippen LogP contribution in [0.1, 0.15) is 31.5 Å². The molecule has 3 rings (SSSR count). The molecule has 2 N–H and O–H groups in total. The molecule has 0 aliphatic rings. The van der Waals surface area contributed by atoms with Crippen molar-refractivity contribution >= 4 is 28.4 Å². The van der Waals surface area contributed by atoms with Crippen LogP contribution in [0.3, 0.4) is 0 Å². The summed E-state index contributed by atoms with van der Waals surface area (Å²) in [5.74, 6) is 0.463. The fraction of sp³-hybridized carbons (Fsp3) is 0.375. The van der Waals surface area contributed by atoms with Gasteiger partial charge in [0.2, 0.25) is 5.69 Å². The molecule has 0 spiro atoms. The first-order chi connectivity index (χ1) is 15.0. The van der Waals surface area contributed by atoms with E-state index in [9.17, 15) is 18.3 Å². The molecule has 0 aliphatic carbocycles. The van der Waals surface area contributed by atoms with Crippen molar-refractivity contribution in [3.8, 4) is 5.75 Å². The Morgan fingerprint density at radius 2 is 1.84 bits per heavy atom. The number of thioether (sulfide) groups is 1. The Morgan fingerprint density at radius 3 is 2.44 bits per heavy atom. The molecule has 0 saturated carbocycles. The lowest BCUT2D eigenvalue weighted by Gasteiger charge is -2.38. The number of fused-ring (bicyclic) bond motifs is 1. The third-order valence-corrected chi connectivity index (χ3v) is 6.46. The van der Waals surface area contributed by atoms with Crippen molar-refractivity contribution in [2.24, 2.45) is 0 Å². The van der Waals surface area contributed by atoms with Crippen LogP contribution in [0.25, 0.3) is 15.7 Å². The lowest BCUT2D eigenvalue weighted by Crippen LogP contribution is -2.51. The maximum Gasteiger partial charge on any atom is 0.417 e. The Hall–Kier alpha value is -2.63. The Kier molecular flexibility index (Phi) is 6.55. The molecule has 0 radical (unpaired) electrons. The third-order valence-electron chi connectivity index (χ3n) is 5.73. The molecule has 1 unspecified atom stereocenters. The average Bonchev–Trinajstić information content (AvgIpc) is 3.08. The van der Waals surface area contributed by atoms with Gasteiger partial charge in [-0.3, -0.25) is 0 Å². The highest BCUT2D eigenvalue weighted by Gasteiger charge is 2.56. The molecule has 0 bridgehead atoms. The minimum absolute atomic E-state index is 0.0710. The van der Waals surface area contributed by atoms with Gasteiger partial charge in [0.25, 0.3) is 0 Å². The van der Waals surface area contributed by atoms with Crippen molar-refractivity contribution in [3.63, 3.8) is 0 Å². The molecule has 1 heterocycles. The highest BCUT2D eigenvalue weighted by molar-refractivity contribution is 7.98. The predicted molar refractivity (Wildman–Crippen MR) is 122 cm³/mol. The summed E-state index contributed by atoms with van der Waals surface area (Å²) in [6.07, 6.45) is -4.39. The number of H-pyrrole nitrogens is 1. The number of methoxy groups -OCH3 is 1. The van der Waals surface area contributed by atoms with Gasteiger partial charge < -0.3 is 14.8 Å². The fourth-order valence-electron chi connectivity index (χ4n) is 4.16. The Balaban J connectivity index is 2.07. The summed E-state index contributed by atoms with van der Waals surface area (Å²) >= 11 is 1.47. The largest absolute Gasteiger partial charge is 0.496 e. The molecule has 3 aromatic rings. The van der Waals surface area contributed by atoms with Crippen LogP contribution in [0, 0.1) is 6.57 Å². The number of alkyl halides is 3. The van der Waals surface area contributed by atoms with E-state index >= 15 is 0 Å². The number of ether oxygens (including phenoxy) is 1. The number of halogens is 3. The molecule has 0 fully saturated rings. The number of para-hydroxylation sites is 1. The summed E-state index contributed by atoms with van der Waals surface area (Å²) in [6, 6.07) is 12.2. The van der Waals surface area contributed by atoms with Gasteiger partial charge in [-0.05, 0) is 42.4 Å². The van der Waals surface area contributed by atoms with E-state index in [1.54, 1.807) is 50.2 Å². The number of benzene rings is 2. The van der Waals surface area contributed by atoms with Crippen molar-refractivity contribution < 1.29 is 23.0 Å². The summed E-state index contributed by atoms with van der Waals surface area (Å²) in [6.45, 7) is 10.8. The second kappa shape index (κ2) is 8.72. The summed E-state index contributed by atoms with van der Waals surface area (Å²) in [7, 11) is 1.47. The second-order valence-corrected chi connectivity index (χ2v) is 9.32. The number of aliphatic hydroxyl groups is 1. The Labute approximate surface area is 189 Å². The summed E-state index contributed by atoms with van der Waals surface area (Å²) in [4.78, 5) is 7.24. The first kappa shape index (κ1) is 24.0. The van der Waals surface area contributed by atoms with Gasteiger partial charge in [-0.25, -0.2) is 4.85 Å². The number of nitrogens with zero attached hydrogens (tertiary/aromatic N) is 1. The number of aromatic amines is 1. The second-order valence-electron chi connectivity index (χ2n) is 8.44. The zero-order valence-electron chi connectivity index (χ0n) is 18.3. The quantitative estimate of drug-likeness (QED) is 0.305. The molecule has 2 aromatic carbocycles. The van der Waals surface area contributed by atoms with E-state index in [0.29, 0.717) is 22.2 Å². The SMILES string of the molecule is [C-]#[N+]c1c(CC(O)(CC(C)(C)c2cc(SC)ccc2OC)C(F)(F)F)[nH]c2ccccc12. The predicted octanol–water partition coefficient (Wildman–Crippen LogP) is 6.65. The van der Waals surface area contributed by atoms with Gasteiger partial charge in [0.05, 0.1) is 13.7 Å². The van der Waals surface area contributed by atoms with Gasteiger partial charge in [-0.15, -0.1) is 11.8 Å². The fourth-order valence-corrected chi connectivity index (χ4v) is 4.60. The standard InChI is InChI=1S/C24H25F3N2O2S/c1-22(2,17-12-15(32-5)10-11-20(17)31-4)14-23(30,24(25,26)27)13-19-21(28-3)16-8-6-7-9-18(16)29-19/h6-12,29-30H,13-14H2,1-2,4-5H3. The first-order valence-electron chi connectivity index (χ1n) is 9.94. The number of nitrogens with one attached hydrogen (secondary N) is 1. The Morgan fingerprint density at radius 1 is 1.16 bits per heavy atom. The van der Waals surface area contributed by atoms with E-state index in [4.69, 9.17) is 11.3 Å². The van der Waals surface area contributed by atoms with Crippen LogP contribution in [0.5, 0.6) is 5.75 Å². The van der Waals surface area contributed by atoms with Gasteiger partial charge in [0.15, 0.2) is 5.60 Å². The van der Waals surface area contributed by atoms with E-state index in [1.807, 2.05) is 12.3 Å². The number of hydrogen-bond donors (Lipinski definition) is 2. The lowest BCUT2D eigenvalue weighted by atomic mass is 9.73. The first-order valence-corrected chi connectivity index (χ1v) is 11.2. The van der Waals surface area contributed by atoms with Gasteiger partial charge in [-0.2, -0.15) is 13.2 Å². The molecule has 0 saturated heterocycles. The van der Waals surface area contributed by atoms with Crippen LogP contribution in [0.4, 0.5) is 18.9 Å². The molecule has 170 valence electrons. The third kappa shape index (κ3) is 4.45. The van der Waals surface area contributed by atoms with Crippen molar-refractivity contribution in [1.29, 1.82) is 0 Å². The normalized spacial score (nSPS) is 14.2. The molecule has 0 aliphatic heterocycles. The number of aromatic nitrogens is 1. The van der Waals surface area contributed by atoms with E-state index in [-0.39, 0.29) is 11.4 Å². The van der Waals surface area contributed by atoms with Crippen LogP contribution in [0.15, 0.2) is 47.4 Å². The molecule has 0 amide bonds. The van der Waals surface area contributed by atoms with Crippen molar-refractivity contribution in [1.82, 2.24) is 4.98 Å². The average molecular weight is 463 g/mol. The van der Waals surface area contributed by atoms with Gasteiger partial charge in [-0.1, -0.05) is 32.0 Å². The van der Waals surface area contributed by atoms with E-state index in [0.717, 1.165) is 4.90 Å². The molecule has 4 nitrogen and oxygen atoms in total. The van der Waals surface area contributed by atoms with Crippen LogP contribution in [-0.4, -0.2) is 35.2 Å². The van der Waals surface area contributed by atoms with E-state index in [1.165, 1.54) is 18.9 Å². The van der Waals surface area contributed by atoms with E-state index < -0.39 is 30.0 Å². The van der Waals surface area contributed by atoms with Crippen LogP contribution in [-0.2, 0) is 11.8 Å². The molecular weight excluding hydrogens is 437 g/mol. The molecular formula is C24H25F3N2O2S. The minimum atomic E-state index is -4.91. The summed E-state index contributed by atoms with van der Waals surface area (Å²) in [5.41, 5.74) is -2.82. The van der Waals surface area contributed by atoms with Gasteiger partial charge in [0.1, 0.15) is 5.75 Å². The number of rotatable bonds is 7. The zero-order valence-corrected chi connectivity index (χ0v) is 19.1. The highest BCUT2D eigenvalue weighted by Crippen LogP contribution is 2.47. The van der Waals surface area contributed by atoms with E-state index in [2.05, 4.69) is 9.83 Å². The van der Waals surface area contributed by atoms with Crippen molar-refractivity contribution in [3.05, 3.63) is 65.1 Å². The highest BCUT2D eigenvalue weighted by atomic mass is 32.2. The smallest absolute Gasteiger partial charge is 0.417 e. The molecule has 8 heteroatoms. The van der Waals surface area contributed by atoms with Gasteiger partial charge >= 0.3 is 6.18 Å². The summed E-state index contributed by atoms with van der Waals surface area (Å²) in [5, 5.41) is 11.6. The lowest BCUT2D eigenvalue weighted by molar-refractivity contribution is -0.266. The zero-order chi connectivity index (χ0) is 23.7. The number of hydrogen-bond acceptors (Lipinski definition) is 3. The van der Waals surface area contributed by atoms with Crippen LogP contribution < -0.4 is 4.74 Å². The Bertz CT molecular complexity index is 1160. The topological polar surface area (TPSA) is 49.6 Å². The maximum atomic E-state index is 14.3. The van der Waals surface area contributed by atoms with Crippen molar-refractivity contribution in [2.75, 3.05) is 13.4 Å². The summed E-state index contributed by atoms with van der Waals surface area (Å²) < 4.78 is 48.2. The maximum absolute atomic E-state index is 14.3. The van der Waals surface area contributed by atoms with Crippen LogP contribution in [0.2, 0.25) is 0 Å². The van der Waals surface area contributed by atoms with Crippen LogP contribution >= 0.6 is 11.8 Å². The molecule has 32 heavy (non-hydrogen) atoms. The molecule has 1 atom stereocenters. The molecule has 1 aromatic heterocycles. The minimum Gasteiger partial charge on any atom is -0.496 e. The van der Waals surface area contributed by atoms with Crippen molar-refractivity contribution in [2.45, 2.75) is 48.8 Å². The monoisotopic (exact) mass is 462 g/mol. The van der Waals surface area contributed by atoms with Gasteiger partial charge in [0, 0.05) is 33.5 Å².